The Hall–Kier alpha value is -4.85. The fourth-order valence-corrected chi connectivity index (χ4v) is 4.40. The molecule has 11 nitrogen and oxygen atoms in total. The summed E-state index contributed by atoms with van der Waals surface area (Å²) in [5.41, 5.74) is 5.80. The van der Waals surface area contributed by atoms with Crippen LogP contribution in [0.4, 0.5) is 13.2 Å². The normalized spacial score (nSPS) is 14.1. The van der Waals surface area contributed by atoms with E-state index in [1.807, 2.05) is 13.8 Å². The lowest BCUT2D eigenvalue weighted by Gasteiger charge is -2.17. The molecule has 0 radical (unpaired) electrons. The van der Waals surface area contributed by atoms with E-state index in [1.165, 1.54) is 10.6 Å². The highest BCUT2D eigenvalue weighted by Crippen LogP contribution is 2.38. The predicted molar refractivity (Wildman–Crippen MR) is 139 cm³/mol. The molecule has 2 N–H and O–H groups in total. The number of carbonyl (C=O) groups excluding carboxylic acids is 2. The van der Waals surface area contributed by atoms with Crippen LogP contribution in [-0.2, 0) is 15.7 Å². The Morgan fingerprint density at radius 3 is 2.27 bits per heavy atom. The molecule has 1 aliphatic heterocycles. The first kappa shape index (κ1) is 27.7. The fourth-order valence-electron chi connectivity index (χ4n) is 4.09. The number of benzene rings is 2. The zero-order valence-corrected chi connectivity index (χ0v) is 22.0. The van der Waals surface area contributed by atoms with Crippen LogP contribution in [0.2, 0.25) is 5.02 Å². The molecule has 3 heterocycles. The number of esters is 1. The van der Waals surface area contributed by atoms with Crippen LogP contribution in [0.1, 0.15) is 29.9 Å². The summed E-state index contributed by atoms with van der Waals surface area (Å²) in [7, 11) is 0. The number of nitrogens with two attached hydrogens (primary N) is 1. The van der Waals surface area contributed by atoms with Gasteiger partial charge in [0.2, 0.25) is 0 Å². The number of aromatic nitrogens is 2. The number of hydrogen-bond donors (Lipinski definition) is 1. The second kappa shape index (κ2) is 10.3. The molecule has 0 fully saturated rings. The lowest BCUT2D eigenvalue weighted by Crippen LogP contribution is -2.43. The molecule has 0 saturated heterocycles. The number of primary amides is 1. The molecule has 15 heteroatoms. The number of hydrogen-bond acceptors (Lipinski definition) is 9. The largest absolute Gasteiger partial charge is 0.491 e. The molecule has 0 aliphatic carbocycles. The number of halogens is 4. The zero-order valence-electron chi connectivity index (χ0n) is 21.3. The van der Waals surface area contributed by atoms with Crippen molar-refractivity contribution in [2.75, 3.05) is 0 Å². The summed E-state index contributed by atoms with van der Waals surface area (Å²) in [6.45, 7) is 3.74. The van der Waals surface area contributed by atoms with E-state index in [1.54, 1.807) is 42.5 Å². The predicted octanol–water partition coefficient (Wildman–Crippen LogP) is 6.28. The Morgan fingerprint density at radius 2 is 1.71 bits per heavy atom. The van der Waals surface area contributed by atoms with Gasteiger partial charge in [0.05, 0.1) is 27.9 Å². The standard InChI is InChI=1S/C26H19ClF3N7O4/c1-13(2)40-17-7-5-16(6-8-17)37-20-10-3-14(19-9-4-15(12-32-19)25(28,29)30)11-18(20)21(27)22(37)23(38)41-26(24(31)39)33-35-36-34-26/h3-13H,1-2H3,(H2,31,39). The van der Waals surface area contributed by atoms with E-state index in [4.69, 9.17) is 26.8 Å². The second-order valence-corrected chi connectivity index (χ2v) is 9.44. The average molecular weight is 586 g/mol. The summed E-state index contributed by atoms with van der Waals surface area (Å²) in [6.07, 6.45) is -3.89. The van der Waals surface area contributed by atoms with Gasteiger partial charge in [0.15, 0.2) is 5.69 Å². The van der Waals surface area contributed by atoms with Gasteiger partial charge in [-0.25, -0.2) is 4.79 Å². The van der Waals surface area contributed by atoms with Crippen molar-refractivity contribution in [2.24, 2.45) is 26.4 Å². The van der Waals surface area contributed by atoms with E-state index in [2.05, 4.69) is 25.7 Å². The summed E-state index contributed by atoms with van der Waals surface area (Å²) in [4.78, 5) is 29.5. The number of carbonyl (C=O) groups is 2. The average Bonchev–Trinajstić information content (AvgIpc) is 3.51. The van der Waals surface area contributed by atoms with Crippen molar-refractivity contribution >= 4 is 34.4 Å². The first-order valence-electron chi connectivity index (χ1n) is 11.9. The third-order valence-electron chi connectivity index (χ3n) is 5.91. The fraction of sp³-hybridized carbons (Fsp3) is 0.192. The summed E-state index contributed by atoms with van der Waals surface area (Å²) >= 11 is 6.72. The van der Waals surface area contributed by atoms with Gasteiger partial charge in [0, 0.05) is 22.8 Å². The molecule has 4 aromatic rings. The summed E-state index contributed by atoms with van der Waals surface area (Å²) in [5, 5.41) is 13.6. The highest BCUT2D eigenvalue weighted by molar-refractivity contribution is 6.39. The van der Waals surface area contributed by atoms with Crippen molar-refractivity contribution in [2.45, 2.75) is 32.0 Å². The van der Waals surface area contributed by atoms with Crippen molar-refractivity contribution in [3.63, 3.8) is 0 Å². The van der Waals surface area contributed by atoms with Gasteiger partial charge < -0.3 is 19.8 Å². The molecular formula is C26H19ClF3N7O4. The quantitative estimate of drug-likeness (QED) is 0.254. The van der Waals surface area contributed by atoms with Gasteiger partial charge in [-0.2, -0.15) is 13.2 Å². The maximum Gasteiger partial charge on any atom is 0.421 e. The minimum Gasteiger partial charge on any atom is -0.491 e. The molecule has 210 valence electrons. The van der Waals surface area contributed by atoms with Gasteiger partial charge >= 0.3 is 23.9 Å². The van der Waals surface area contributed by atoms with Crippen LogP contribution >= 0.6 is 11.6 Å². The van der Waals surface area contributed by atoms with E-state index in [9.17, 15) is 22.8 Å². The lowest BCUT2D eigenvalue weighted by molar-refractivity contribution is -0.138. The van der Waals surface area contributed by atoms with Crippen LogP contribution in [0.15, 0.2) is 81.5 Å². The van der Waals surface area contributed by atoms with Crippen molar-refractivity contribution in [1.82, 2.24) is 9.55 Å². The van der Waals surface area contributed by atoms with Crippen LogP contribution in [-0.4, -0.2) is 33.4 Å². The van der Waals surface area contributed by atoms with Gasteiger partial charge in [0.25, 0.3) is 0 Å². The van der Waals surface area contributed by atoms with Gasteiger partial charge in [-0.1, -0.05) is 27.9 Å². The van der Waals surface area contributed by atoms with Gasteiger partial charge in [-0.15, -0.1) is 0 Å². The first-order chi connectivity index (χ1) is 19.4. The Labute approximate surface area is 234 Å². The van der Waals surface area contributed by atoms with Gasteiger partial charge in [-0.3, -0.25) is 9.78 Å². The number of nitrogens with zero attached hydrogens (tertiary/aromatic N) is 6. The third-order valence-corrected chi connectivity index (χ3v) is 6.29. The zero-order chi connectivity index (χ0) is 29.5. The van der Waals surface area contributed by atoms with Crippen LogP contribution in [0.3, 0.4) is 0 Å². The maximum absolute atomic E-state index is 13.5. The monoisotopic (exact) mass is 585 g/mol. The molecular weight excluding hydrogens is 567 g/mol. The van der Waals surface area contributed by atoms with E-state index in [0.717, 1.165) is 12.3 Å². The number of fused-ring (bicyclic) bond motifs is 1. The molecule has 2 aromatic carbocycles. The minimum atomic E-state index is -4.54. The molecule has 0 atom stereocenters. The van der Waals surface area contributed by atoms with Crippen molar-refractivity contribution in [3.05, 3.63) is 77.1 Å². The molecule has 2 aromatic heterocycles. The molecule has 0 bridgehead atoms. The Morgan fingerprint density at radius 1 is 1.02 bits per heavy atom. The summed E-state index contributed by atoms with van der Waals surface area (Å²) in [6, 6.07) is 13.7. The molecule has 0 unspecified atom stereocenters. The highest BCUT2D eigenvalue weighted by atomic mass is 35.5. The first-order valence-corrected chi connectivity index (χ1v) is 12.3. The number of alkyl halides is 3. The van der Waals surface area contributed by atoms with Crippen LogP contribution < -0.4 is 10.5 Å². The van der Waals surface area contributed by atoms with E-state index < -0.39 is 29.5 Å². The molecule has 41 heavy (non-hydrogen) atoms. The highest BCUT2D eigenvalue weighted by Gasteiger charge is 2.46. The summed E-state index contributed by atoms with van der Waals surface area (Å²) in [5.74, 6) is -4.29. The molecule has 1 aliphatic rings. The molecule has 1 amide bonds. The van der Waals surface area contributed by atoms with E-state index in [-0.39, 0.29) is 22.5 Å². The molecule has 0 saturated carbocycles. The molecule has 0 spiro atoms. The molecule has 5 rings (SSSR count). The SMILES string of the molecule is CC(C)Oc1ccc(-n2c(C(=O)OC3(C(N)=O)N=NN=N3)c(Cl)c3cc(-c4ccc(C(F)(F)F)cn4)ccc32)cc1. The van der Waals surface area contributed by atoms with Crippen molar-refractivity contribution in [1.29, 1.82) is 0 Å². The van der Waals surface area contributed by atoms with Crippen LogP contribution in [0.25, 0.3) is 27.8 Å². The van der Waals surface area contributed by atoms with Gasteiger partial charge in [-0.05, 0) is 72.8 Å². The number of amides is 1. The number of rotatable bonds is 7. The lowest BCUT2D eigenvalue weighted by atomic mass is 10.1. The third kappa shape index (κ3) is 5.20. The topological polar surface area (TPSA) is 146 Å². The second-order valence-electron chi connectivity index (χ2n) is 9.06. The van der Waals surface area contributed by atoms with Crippen LogP contribution in [0.5, 0.6) is 5.75 Å². The Bertz CT molecular complexity index is 1700. The van der Waals surface area contributed by atoms with E-state index >= 15 is 0 Å². The minimum absolute atomic E-state index is 0.0785. The smallest absolute Gasteiger partial charge is 0.421 e. The summed E-state index contributed by atoms with van der Waals surface area (Å²) < 4.78 is 51.5. The van der Waals surface area contributed by atoms with Crippen molar-refractivity contribution in [3.8, 4) is 22.7 Å². The maximum atomic E-state index is 13.5. The van der Waals surface area contributed by atoms with Crippen molar-refractivity contribution < 1.29 is 32.2 Å². The Kier molecular flexibility index (Phi) is 6.95. The van der Waals surface area contributed by atoms with E-state index in [0.29, 0.717) is 27.9 Å². The van der Waals surface area contributed by atoms with Crippen LogP contribution in [0, 0.1) is 0 Å². The Balaban J connectivity index is 1.65. The van der Waals surface area contributed by atoms with Gasteiger partial charge in [0.1, 0.15) is 5.75 Å². The number of pyridine rings is 1. The number of ether oxygens (including phenoxy) is 2.